The Bertz CT molecular complexity index is 610. The highest BCUT2D eigenvalue weighted by Gasteiger charge is 2.60. The van der Waals surface area contributed by atoms with Crippen molar-refractivity contribution in [3.8, 4) is 0 Å². The Morgan fingerprint density at radius 1 is 1.25 bits per heavy atom. The topological polar surface area (TPSA) is 64.6 Å². The van der Waals surface area contributed by atoms with Gasteiger partial charge in [-0.05, 0) is 37.8 Å². The van der Waals surface area contributed by atoms with Crippen LogP contribution in [0.3, 0.4) is 0 Å². The highest BCUT2D eigenvalue weighted by atomic mass is 16.6. The van der Waals surface area contributed by atoms with Gasteiger partial charge in [-0.25, -0.2) is 4.79 Å². The summed E-state index contributed by atoms with van der Waals surface area (Å²) in [5.41, 5.74) is 0.151. The molecule has 0 aromatic carbocycles. The molecule has 2 aliphatic heterocycles. The molecule has 0 bridgehead atoms. The zero-order valence-corrected chi connectivity index (χ0v) is 14.4. The number of ether oxygens (including phenoxy) is 2. The molecule has 0 radical (unpaired) electrons. The Labute approximate surface area is 142 Å². The summed E-state index contributed by atoms with van der Waals surface area (Å²) in [4.78, 5) is 14.7. The SMILES string of the molecule is CC1(C)[C@@H]2OCCC[C@H]2[C@@H]1OC(=O)c1ccc(N2CCCC2)nn1. The third kappa shape index (κ3) is 2.57. The minimum Gasteiger partial charge on any atom is -0.457 e. The first-order chi connectivity index (χ1) is 11.6. The van der Waals surface area contributed by atoms with Gasteiger partial charge in [0, 0.05) is 31.0 Å². The zero-order valence-electron chi connectivity index (χ0n) is 14.4. The molecule has 2 saturated heterocycles. The van der Waals surface area contributed by atoms with Crippen molar-refractivity contribution in [3.63, 3.8) is 0 Å². The van der Waals surface area contributed by atoms with Crippen LogP contribution in [0.2, 0.25) is 0 Å². The van der Waals surface area contributed by atoms with Crippen molar-refractivity contribution in [2.75, 3.05) is 24.6 Å². The lowest BCUT2D eigenvalue weighted by Crippen LogP contribution is -2.65. The van der Waals surface area contributed by atoms with E-state index < -0.39 is 0 Å². The van der Waals surface area contributed by atoms with E-state index in [9.17, 15) is 4.79 Å². The summed E-state index contributed by atoms with van der Waals surface area (Å²) in [5, 5.41) is 8.29. The van der Waals surface area contributed by atoms with Crippen LogP contribution in [-0.2, 0) is 9.47 Å². The van der Waals surface area contributed by atoms with E-state index in [1.807, 2.05) is 6.07 Å². The highest BCUT2D eigenvalue weighted by Crippen LogP contribution is 2.53. The van der Waals surface area contributed by atoms with Crippen molar-refractivity contribution in [2.24, 2.45) is 11.3 Å². The van der Waals surface area contributed by atoms with Crippen LogP contribution in [0, 0.1) is 11.3 Å². The van der Waals surface area contributed by atoms with E-state index in [-0.39, 0.29) is 29.3 Å². The number of rotatable bonds is 3. The molecule has 3 aliphatic rings. The molecular weight excluding hydrogens is 306 g/mol. The first kappa shape index (κ1) is 15.8. The second-order valence-corrected chi connectivity index (χ2v) is 7.72. The predicted molar refractivity (Wildman–Crippen MR) is 88.9 cm³/mol. The quantitative estimate of drug-likeness (QED) is 0.793. The molecule has 4 rings (SSSR count). The molecule has 24 heavy (non-hydrogen) atoms. The number of nitrogens with zero attached hydrogens (tertiary/aromatic N) is 3. The second-order valence-electron chi connectivity index (χ2n) is 7.72. The molecule has 3 atom stereocenters. The number of aromatic nitrogens is 2. The molecule has 1 aromatic rings. The maximum absolute atomic E-state index is 12.5. The van der Waals surface area contributed by atoms with Gasteiger partial charge in [0.2, 0.25) is 0 Å². The zero-order chi connectivity index (χ0) is 16.7. The van der Waals surface area contributed by atoms with Gasteiger partial charge >= 0.3 is 5.97 Å². The molecular formula is C18H25N3O3. The number of anilines is 1. The average molecular weight is 331 g/mol. The van der Waals surface area contributed by atoms with Crippen LogP contribution < -0.4 is 4.90 Å². The summed E-state index contributed by atoms with van der Waals surface area (Å²) < 4.78 is 11.6. The van der Waals surface area contributed by atoms with E-state index in [4.69, 9.17) is 9.47 Å². The summed E-state index contributed by atoms with van der Waals surface area (Å²) in [6.07, 6.45) is 4.57. The third-order valence-corrected chi connectivity index (χ3v) is 5.75. The lowest BCUT2D eigenvalue weighted by Gasteiger charge is -2.58. The Hall–Kier alpha value is -1.69. The largest absolute Gasteiger partial charge is 0.457 e. The lowest BCUT2D eigenvalue weighted by atomic mass is 9.57. The molecule has 3 fully saturated rings. The van der Waals surface area contributed by atoms with Gasteiger partial charge < -0.3 is 14.4 Å². The van der Waals surface area contributed by atoms with Crippen LogP contribution in [-0.4, -0.2) is 48.1 Å². The number of esters is 1. The van der Waals surface area contributed by atoms with E-state index in [1.165, 1.54) is 12.8 Å². The van der Waals surface area contributed by atoms with Gasteiger partial charge in [0.25, 0.3) is 0 Å². The Balaban J connectivity index is 1.42. The average Bonchev–Trinajstić information content (AvgIpc) is 3.14. The first-order valence-corrected chi connectivity index (χ1v) is 8.98. The van der Waals surface area contributed by atoms with E-state index in [1.54, 1.807) is 6.07 Å². The predicted octanol–water partition coefficient (Wildman–Crippen LogP) is 2.44. The first-order valence-electron chi connectivity index (χ1n) is 8.98. The van der Waals surface area contributed by atoms with E-state index >= 15 is 0 Å². The van der Waals surface area contributed by atoms with Crippen molar-refractivity contribution >= 4 is 11.8 Å². The smallest absolute Gasteiger partial charge is 0.359 e. The van der Waals surface area contributed by atoms with Gasteiger partial charge in [-0.3, -0.25) is 0 Å². The minimum atomic E-state index is -0.377. The molecule has 6 nitrogen and oxygen atoms in total. The van der Waals surface area contributed by atoms with Crippen LogP contribution in [0.1, 0.15) is 50.0 Å². The summed E-state index contributed by atoms with van der Waals surface area (Å²) in [6.45, 7) is 7.06. The molecule has 1 aliphatic carbocycles. The number of carbonyl (C=O) groups is 1. The molecule has 3 heterocycles. The Kier molecular flexibility index (Phi) is 3.95. The lowest BCUT2D eigenvalue weighted by molar-refractivity contribution is -0.243. The summed E-state index contributed by atoms with van der Waals surface area (Å²) in [6, 6.07) is 3.59. The number of hydrogen-bond acceptors (Lipinski definition) is 6. The number of hydrogen-bond donors (Lipinski definition) is 0. The molecule has 1 aromatic heterocycles. The fraction of sp³-hybridized carbons (Fsp3) is 0.722. The second kappa shape index (κ2) is 5.99. The number of fused-ring (bicyclic) bond motifs is 1. The summed E-state index contributed by atoms with van der Waals surface area (Å²) >= 11 is 0. The molecule has 0 spiro atoms. The summed E-state index contributed by atoms with van der Waals surface area (Å²) in [5.74, 6) is 0.779. The summed E-state index contributed by atoms with van der Waals surface area (Å²) in [7, 11) is 0. The van der Waals surface area contributed by atoms with E-state index in [0.29, 0.717) is 5.92 Å². The van der Waals surface area contributed by atoms with Crippen molar-refractivity contribution < 1.29 is 14.3 Å². The minimum absolute atomic E-state index is 0.102. The van der Waals surface area contributed by atoms with E-state index in [0.717, 1.165) is 38.4 Å². The number of carbonyl (C=O) groups excluding carboxylic acids is 1. The van der Waals surface area contributed by atoms with Crippen molar-refractivity contribution in [3.05, 3.63) is 17.8 Å². The fourth-order valence-corrected chi connectivity index (χ4v) is 4.44. The normalized spacial score (nSPS) is 31.2. The van der Waals surface area contributed by atoms with Gasteiger partial charge in [-0.1, -0.05) is 13.8 Å². The third-order valence-electron chi connectivity index (χ3n) is 5.75. The maximum Gasteiger partial charge on any atom is 0.359 e. The van der Waals surface area contributed by atoms with Crippen molar-refractivity contribution in [2.45, 2.75) is 51.7 Å². The van der Waals surface area contributed by atoms with Crippen LogP contribution >= 0.6 is 0 Å². The molecule has 0 unspecified atom stereocenters. The highest BCUT2D eigenvalue weighted by molar-refractivity contribution is 5.87. The monoisotopic (exact) mass is 331 g/mol. The van der Waals surface area contributed by atoms with Crippen LogP contribution in [0.25, 0.3) is 0 Å². The molecule has 0 N–H and O–H groups in total. The molecule has 6 heteroatoms. The molecule has 130 valence electrons. The van der Waals surface area contributed by atoms with Crippen molar-refractivity contribution in [1.82, 2.24) is 10.2 Å². The van der Waals surface area contributed by atoms with Crippen LogP contribution in [0.4, 0.5) is 5.82 Å². The Morgan fingerprint density at radius 2 is 2.04 bits per heavy atom. The van der Waals surface area contributed by atoms with Gasteiger partial charge in [-0.15, -0.1) is 10.2 Å². The fourth-order valence-electron chi connectivity index (χ4n) is 4.44. The van der Waals surface area contributed by atoms with Crippen LogP contribution in [0.15, 0.2) is 12.1 Å². The maximum atomic E-state index is 12.5. The van der Waals surface area contributed by atoms with Gasteiger partial charge in [-0.2, -0.15) is 0 Å². The Morgan fingerprint density at radius 3 is 2.75 bits per heavy atom. The van der Waals surface area contributed by atoms with Crippen LogP contribution in [0.5, 0.6) is 0 Å². The van der Waals surface area contributed by atoms with Gasteiger partial charge in [0.15, 0.2) is 11.5 Å². The van der Waals surface area contributed by atoms with E-state index in [2.05, 4.69) is 28.9 Å². The molecule has 1 saturated carbocycles. The van der Waals surface area contributed by atoms with Crippen molar-refractivity contribution in [1.29, 1.82) is 0 Å². The van der Waals surface area contributed by atoms with Gasteiger partial charge in [0.05, 0.1) is 6.10 Å². The standard InChI is InChI=1S/C18H25N3O3/c1-18(2)15-12(6-5-11-23-15)16(18)24-17(22)13-7-8-14(20-19-13)21-9-3-4-10-21/h7-8,12,15-16H,3-6,9-11H2,1-2H3/t12-,15-,16+/m1/s1. The molecule has 0 amide bonds. The van der Waals surface area contributed by atoms with Gasteiger partial charge in [0.1, 0.15) is 6.10 Å².